The quantitative estimate of drug-likeness (QED) is 0.0821. The summed E-state index contributed by atoms with van der Waals surface area (Å²) >= 11 is 14.9. The maximum atomic E-state index is 13.6. The molecule has 5 rings (SSSR count). The van der Waals surface area contributed by atoms with Gasteiger partial charge in [-0.05, 0) is 93.8 Å². The van der Waals surface area contributed by atoms with Crippen molar-refractivity contribution in [3.8, 4) is 0 Å². The molecule has 15 heteroatoms. The lowest BCUT2D eigenvalue weighted by Gasteiger charge is -2.30. The lowest BCUT2D eigenvalue weighted by Crippen LogP contribution is -2.39. The molecule has 0 radical (unpaired) electrons. The molecule has 4 amide bonds. The van der Waals surface area contributed by atoms with Crippen molar-refractivity contribution < 1.29 is 33.4 Å². The second kappa shape index (κ2) is 17.5. The highest BCUT2D eigenvalue weighted by Crippen LogP contribution is 2.39. The Bertz CT molecular complexity index is 2120. The van der Waals surface area contributed by atoms with E-state index in [-0.39, 0.29) is 28.7 Å². The van der Waals surface area contributed by atoms with Gasteiger partial charge >= 0.3 is 12.1 Å². The monoisotopic (exact) mass is 808 g/mol. The predicted octanol–water partition coefficient (Wildman–Crippen LogP) is 8.66. The highest BCUT2D eigenvalue weighted by atomic mass is 35.5. The minimum atomic E-state index is -0.658. The Morgan fingerprint density at radius 1 is 0.963 bits per heavy atom. The van der Waals surface area contributed by atoms with Gasteiger partial charge in [-0.15, -0.1) is 23.1 Å². The van der Waals surface area contributed by atoms with Gasteiger partial charge in [-0.2, -0.15) is 0 Å². The van der Waals surface area contributed by atoms with Crippen LogP contribution in [0, 0.1) is 0 Å². The Labute approximate surface area is 331 Å². The number of carbonyl (C=O) groups is 5. The molecule has 2 heterocycles. The fraction of sp³-hybridized carbons (Fsp3) is 0.256. The summed E-state index contributed by atoms with van der Waals surface area (Å²) in [7, 11) is 1.28. The Balaban J connectivity index is 1.30. The van der Waals surface area contributed by atoms with E-state index in [1.165, 1.54) is 42.4 Å². The zero-order chi connectivity index (χ0) is 39.2. The van der Waals surface area contributed by atoms with Gasteiger partial charge in [-0.1, -0.05) is 53.5 Å². The third kappa shape index (κ3) is 10.4. The zero-order valence-electron chi connectivity index (χ0n) is 30.1. The van der Waals surface area contributed by atoms with Crippen LogP contribution in [-0.2, 0) is 32.0 Å². The van der Waals surface area contributed by atoms with Gasteiger partial charge in [0.15, 0.2) is 0 Å². The van der Waals surface area contributed by atoms with Crippen LogP contribution in [0.2, 0.25) is 10.0 Å². The van der Waals surface area contributed by atoms with Gasteiger partial charge in [0.25, 0.3) is 11.8 Å². The number of rotatable bonds is 10. The maximum Gasteiger partial charge on any atom is 0.410 e. The van der Waals surface area contributed by atoms with Crippen molar-refractivity contribution in [2.24, 2.45) is 0 Å². The molecule has 3 aromatic carbocycles. The van der Waals surface area contributed by atoms with E-state index in [1.54, 1.807) is 99.3 Å². The molecule has 11 nitrogen and oxygen atoms in total. The van der Waals surface area contributed by atoms with E-state index in [0.29, 0.717) is 44.7 Å². The highest BCUT2D eigenvalue weighted by molar-refractivity contribution is 8.00. The summed E-state index contributed by atoms with van der Waals surface area (Å²) in [5.41, 5.74) is 1.52. The number of halogens is 2. The average molecular weight is 810 g/mol. The second-order valence-electron chi connectivity index (χ2n) is 13.1. The first-order valence-electron chi connectivity index (χ1n) is 16.7. The van der Waals surface area contributed by atoms with Crippen LogP contribution in [0.15, 0.2) is 83.4 Å². The Kier molecular flexibility index (Phi) is 13.1. The Hall–Kier alpha value is -4.82. The molecule has 1 aliphatic rings. The molecule has 0 fully saturated rings. The number of hydrogen-bond donors (Lipinski definition) is 3. The summed E-state index contributed by atoms with van der Waals surface area (Å²) in [5.74, 6) is -2.05. The van der Waals surface area contributed by atoms with E-state index in [1.807, 2.05) is 0 Å². The topological polar surface area (TPSA) is 143 Å². The van der Waals surface area contributed by atoms with Crippen LogP contribution < -0.4 is 16.0 Å². The molecule has 282 valence electrons. The standard InChI is InChI=1S/C39H38Cl2N4O7S2/c1-22(33(46)44-36-32(37(49)51-5)28-16-17-45(21-31(28)54-36)38(50)52-39(2,3)4)53-27-13-9-12-26(20-27)42-35(48)30(18-24-14-15-25(40)19-29(24)41)43-34(47)23-10-7-6-8-11-23/h6-15,18-20,22H,16-17,21H2,1-5H3,(H,42,48)(H,43,47)(H,44,46)/b30-18+. The van der Waals surface area contributed by atoms with Crippen molar-refractivity contribution in [2.75, 3.05) is 24.3 Å². The fourth-order valence-corrected chi connectivity index (χ4v) is 7.97. The number of anilines is 2. The SMILES string of the molecule is COC(=O)c1c(NC(=O)C(C)Sc2cccc(NC(=O)/C(=C\c3ccc(Cl)cc3Cl)NC(=O)c3ccccc3)c2)sc2c1CCN(C(=O)OC(C)(C)C)C2. The molecule has 54 heavy (non-hydrogen) atoms. The third-order valence-electron chi connectivity index (χ3n) is 7.90. The minimum absolute atomic E-state index is 0.0619. The van der Waals surface area contributed by atoms with Gasteiger partial charge in [0, 0.05) is 37.6 Å². The number of nitrogens with zero attached hydrogens (tertiary/aromatic N) is 1. The normalized spacial score (nSPS) is 13.3. The largest absolute Gasteiger partial charge is 0.465 e. The molecule has 0 aliphatic carbocycles. The number of ether oxygens (including phenoxy) is 2. The van der Waals surface area contributed by atoms with Crippen LogP contribution in [0.25, 0.3) is 6.08 Å². The number of amides is 4. The number of fused-ring (bicyclic) bond motifs is 1. The molecule has 0 spiro atoms. The van der Waals surface area contributed by atoms with Crippen LogP contribution in [0.4, 0.5) is 15.5 Å². The molecule has 1 unspecified atom stereocenters. The Morgan fingerprint density at radius 3 is 2.39 bits per heavy atom. The number of esters is 1. The molecule has 3 N–H and O–H groups in total. The number of carbonyl (C=O) groups excluding carboxylic acids is 5. The molecule has 0 bridgehead atoms. The molecule has 1 atom stereocenters. The summed E-state index contributed by atoms with van der Waals surface area (Å²) in [6.45, 7) is 7.68. The second-order valence-corrected chi connectivity index (χ2v) is 16.5. The van der Waals surface area contributed by atoms with Crippen molar-refractivity contribution in [2.45, 2.75) is 56.4 Å². The van der Waals surface area contributed by atoms with E-state index >= 15 is 0 Å². The molecule has 0 saturated heterocycles. The Morgan fingerprint density at radius 2 is 1.70 bits per heavy atom. The number of thiophene rings is 1. The fourth-order valence-electron chi connectivity index (χ4n) is 5.33. The minimum Gasteiger partial charge on any atom is -0.465 e. The lowest BCUT2D eigenvalue weighted by molar-refractivity contribution is -0.115. The van der Waals surface area contributed by atoms with Crippen LogP contribution in [-0.4, -0.2) is 59.2 Å². The van der Waals surface area contributed by atoms with Gasteiger partial charge < -0.3 is 30.3 Å². The highest BCUT2D eigenvalue weighted by Gasteiger charge is 2.33. The van der Waals surface area contributed by atoms with Crippen molar-refractivity contribution in [3.63, 3.8) is 0 Å². The lowest BCUT2D eigenvalue weighted by atomic mass is 10.0. The first-order chi connectivity index (χ1) is 25.6. The van der Waals surface area contributed by atoms with Crippen LogP contribution >= 0.6 is 46.3 Å². The summed E-state index contributed by atoms with van der Waals surface area (Å²) in [6, 6.07) is 20.1. The van der Waals surface area contributed by atoms with Crippen molar-refractivity contribution in [1.29, 1.82) is 0 Å². The van der Waals surface area contributed by atoms with Crippen molar-refractivity contribution in [3.05, 3.63) is 116 Å². The number of hydrogen-bond acceptors (Lipinski definition) is 9. The molecular weight excluding hydrogens is 771 g/mol. The van der Waals surface area contributed by atoms with E-state index in [2.05, 4.69) is 16.0 Å². The molecule has 0 saturated carbocycles. The van der Waals surface area contributed by atoms with Gasteiger partial charge in [0.2, 0.25) is 5.91 Å². The molecular formula is C39H38Cl2N4O7S2. The van der Waals surface area contributed by atoms with Crippen LogP contribution in [0.1, 0.15) is 64.4 Å². The summed E-state index contributed by atoms with van der Waals surface area (Å²) in [4.78, 5) is 68.8. The summed E-state index contributed by atoms with van der Waals surface area (Å²) in [5, 5.41) is 8.81. The van der Waals surface area contributed by atoms with Crippen LogP contribution in [0.3, 0.4) is 0 Å². The average Bonchev–Trinajstić information content (AvgIpc) is 3.48. The van der Waals surface area contributed by atoms with Crippen LogP contribution in [0.5, 0.6) is 0 Å². The van der Waals surface area contributed by atoms with E-state index < -0.39 is 34.7 Å². The smallest absolute Gasteiger partial charge is 0.410 e. The number of benzene rings is 3. The maximum absolute atomic E-state index is 13.6. The van der Waals surface area contributed by atoms with E-state index in [4.69, 9.17) is 32.7 Å². The van der Waals surface area contributed by atoms with E-state index in [9.17, 15) is 24.0 Å². The van der Waals surface area contributed by atoms with Crippen molar-refractivity contribution >= 4 is 92.8 Å². The first kappa shape index (κ1) is 40.4. The third-order valence-corrected chi connectivity index (χ3v) is 10.7. The molecule has 1 aromatic heterocycles. The number of nitrogens with one attached hydrogen (secondary N) is 3. The summed E-state index contributed by atoms with van der Waals surface area (Å²) in [6.07, 6.45) is 1.40. The van der Waals surface area contributed by atoms with E-state index in [0.717, 1.165) is 10.4 Å². The van der Waals surface area contributed by atoms with Crippen molar-refractivity contribution in [1.82, 2.24) is 10.2 Å². The predicted molar refractivity (Wildman–Crippen MR) is 213 cm³/mol. The zero-order valence-corrected chi connectivity index (χ0v) is 33.2. The van der Waals surface area contributed by atoms with Gasteiger partial charge in [0.1, 0.15) is 16.3 Å². The van der Waals surface area contributed by atoms with Gasteiger partial charge in [-0.3, -0.25) is 14.4 Å². The van der Waals surface area contributed by atoms with Gasteiger partial charge in [0.05, 0.1) is 24.5 Å². The number of methoxy groups -OCH3 is 1. The molecule has 4 aromatic rings. The summed E-state index contributed by atoms with van der Waals surface area (Å²) < 4.78 is 10.6. The molecule has 1 aliphatic heterocycles. The van der Waals surface area contributed by atoms with Gasteiger partial charge in [-0.25, -0.2) is 9.59 Å². The first-order valence-corrected chi connectivity index (χ1v) is 19.2. The number of thioether (sulfide) groups is 1.